The van der Waals surface area contributed by atoms with Crippen LogP contribution in [0.1, 0.15) is 73.1 Å². The van der Waals surface area contributed by atoms with Crippen LogP contribution in [0.2, 0.25) is 0 Å². The predicted molar refractivity (Wildman–Crippen MR) is 93.1 cm³/mol. The minimum Gasteiger partial charge on any atom is -0.459 e. The molecule has 0 radical (unpaired) electrons. The van der Waals surface area contributed by atoms with E-state index >= 15 is 0 Å². The van der Waals surface area contributed by atoms with E-state index in [4.69, 9.17) is 4.42 Å². The SMILES string of the molecule is Cc1cnc(CCNC(=O)c2ccco2)n1C1CCCCCCC1. The number of carbonyl (C=O) groups excluding carboxylic acids is 1. The second-order valence-corrected chi connectivity index (χ2v) is 6.67. The van der Waals surface area contributed by atoms with Crippen LogP contribution in [0.3, 0.4) is 0 Å². The van der Waals surface area contributed by atoms with Gasteiger partial charge in [-0.1, -0.05) is 32.1 Å². The third-order valence-corrected chi connectivity index (χ3v) is 4.88. The number of furan rings is 1. The van der Waals surface area contributed by atoms with E-state index in [1.807, 2.05) is 6.20 Å². The molecule has 3 rings (SSSR count). The lowest BCUT2D eigenvalue weighted by Gasteiger charge is -2.24. The molecule has 0 aliphatic heterocycles. The molecule has 0 atom stereocenters. The molecular formula is C19H27N3O2. The molecular weight excluding hydrogens is 302 g/mol. The largest absolute Gasteiger partial charge is 0.459 e. The first-order chi connectivity index (χ1) is 11.8. The van der Waals surface area contributed by atoms with Crippen molar-refractivity contribution in [3.05, 3.63) is 41.9 Å². The molecule has 2 aromatic rings. The van der Waals surface area contributed by atoms with E-state index in [2.05, 4.69) is 21.8 Å². The number of amides is 1. The van der Waals surface area contributed by atoms with Gasteiger partial charge in [0.2, 0.25) is 0 Å². The second kappa shape index (κ2) is 8.18. The van der Waals surface area contributed by atoms with Crippen LogP contribution in [0, 0.1) is 6.92 Å². The van der Waals surface area contributed by atoms with Crippen molar-refractivity contribution in [1.82, 2.24) is 14.9 Å². The highest BCUT2D eigenvalue weighted by Gasteiger charge is 2.18. The highest BCUT2D eigenvalue weighted by atomic mass is 16.3. The summed E-state index contributed by atoms with van der Waals surface area (Å²) in [5.74, 6) is 1.27. The van der Waals surface area contributed by atoms with E-state index in [0.29, 0.717) is 18.3 Å². The molecule has 1 N–H and O–H groups in total. The highest BCUT2D eigenvalue weighted by Crippen LogP contribution is 2.28. The fraction of sp³-hybridized carbons (Fsp3) is 0.579. The third-order valence-electron chi connectivity index (χ3n) is 4.88. The summed E-state index contributed by atoms with van der Waals surface area (Å²) in [7, 11) is 0. The summed E-state index contributed by atoms with van der Waals surface area (Å²) < 4.78 is 7.52. The Hall–Kier alpha value is -2.04. The molecule has 1 saturated carbocycles. The number of nitrogens with one attached hydrogen (secondary N) is 1. The fourth-order valence-corrected chi connectivity index (χ4v) is 3.66. The van der Waals surface area contributed by atoms with Gasteiger partial charge in [-0.05, 0) is 31.9 Å². The molecule has 0 saturated heterocycles. The Morgan fingerprint density at radius 3 is 2.75 bits per heavy atom. The van der Waals surface area contributed by atoms with Gasteiger partial charge in [-0.3, -0.25) is 4.79 Å². The van der Waals surface area contributed by atoms with Crippen LogP contribution in [0.15, 0.2) is 29.0 Å². The minimum atomic E-state index is -0.166. The van der Waals surface area contributed by atoms with E-state index in [0.717, 1.165) is 12.2 Å². The minimum absolute atomic E-state index is 0.166. The number of imidazole rings is 1. The lowest BCUT2D eigenvalue weighted by Crippen LogP contribution is -2.26. The van der Waals surface area contributed by atoms with Gasteiger partial charge in [-0.2, -0.15) is 0 Å². The van der Waals surface area contributed by atoms with Gasteiger partial charge in [-0.25, -0.2) is 4.98 Å². The van der Waals surface area contributed by atoms with E-state index in [1.54, 1.807) is 12.1 Å². The van der Waals surface area contributed by atoms with E-state index in [-0.39, 0.29) is 5.91 Å². The Bertz CT molecular complexity index is 638. The Balaban J connectivity index is 1.60. The van der Waals surface area contributed by atoms with Crippen molar-refractivity contribution in [1.29, 1.82) is 0 Å². The highest BCUT2D eigenvalue weighted by molar-refractivity contribution is 5.91. The number of hydrogen-bond acceptors (Lipinski definition) is 3. The van der Waals surface area contributed by atoms with E-state index in [9.17, 15) is 4.79 Å². The molecule has 0 unspecified atom stereocenters. The van der Waals surface area contributed by atoms with Crippen LogP contribution >= 0.6 is 0 Å². The predicted octanol–water partition coefficient (Wildman–Crippen LogP) is 4.04. The van der Waals surface area contributed by atoms with Gasteiger partial charge in [0, 0.05) is 30.9 Å². The van der Waals surface area contributed by atoms with Crippen LogP contribution in [0.5, 0.6) is 0 Å². The van der Waals surface area contributed by atoms with Gasteiger partial charge < -0.3 is 14.3 Å². The Morgan fingerprint density at radius 2 is 2.04 bits per heavy atom. The van der Waals surface area contributed by atoms with Gasteiger partial charge in [-0.15, -0.1) is 0 Å². The van der Waals surface area contributed by atoms with Crippen molar-refractivity contribution in [3.63, 3.8) is 0 Å². The molecule has 1 fully saturated rings. The van der Waals surface area contributed by atoms with Crippen molar-refractivity contribution < 1.29 is 9.21 Å². The first-order valence-electron chi connectivity index (χ1n) is 9.10. The monoisotopic (exact) mass is 329 g/mol. The topological polar surface area (TPSA) is 60.1 Å². The van der Waals surface area contributed by atoms with Crippen molar-refractivity contribution >= 4 is 5.91 Å². The van der Waals surface area contributed by atoms with Crippen LogP contribution in [0.4, 0.5) is 0 Å². The van der Waals surface area contributed by atoms with Gasteiger partial charge in [0.05, 0.1) is 6.26 Å². The average molecular weight is 329 g/mol. The summed E-state index contributed by atoms with van der Waals surface area (Å²) in [6.07, 6.45) is 13.4. The second-order valence-electron chi connectivity index (χ2n) is 6.67. The van der Waals surface area contributed by atoms with Crippen LogP contribution in [-0.4, -0.2) is 22.0 Å². The number of rotatable bonds is 5. The molecule has 5 nitrogen and oxygen atoms in total. The van der Waals surface area contributed by atoms with Crippen molar-refractivity contribution in [2.45, 2.75) is 64.3 Å². The van der Waals surface area contributed by atoms with Gasteiger partial charge >= 0.3 is 0 Å². The quantitative estimate of drug-likeness (QED) is 0.900. The lowest BCUT2D eigenvalue weighted by molar-refractivity contribution is 0.0926. The summed E-state index contributed by atoms with van der Waals surface area (Å²) in [5.41, 5.74) is 1.23. The molecule has 2 heterocycles. The summed E-state index contributed by atoms with van der Waals surface area (Å²) in [6, 6.07) is 3.96. The fourth-order valence-electron chi connectivity index (χ4n) is 3.66. The number of hydrogen-bond donors (Lipinski definition) is 1. The van der Waals surface area contributed by atoms with Gasteiger partial charge in [0.1, 0.15) is 5.82 Å². The van der Waals surface area contributed by atoms with E-state index in [1.165, 1.54) is 56.9 Å². The Morgan fingerprint density at radius 1 is 1.29 bits per heavy atom. The Labute approximate surface area is 143 Å². The molecule has 5 heteroatoms. The van der Waals surface area contributed by atoms with Crippen LogP contribution in [-0.2, 0) is 6.42 Å². The van der Waals surface area contributed by atoms with Crippen molar-refractivity contribution in [2.75, 3.05) is 6.54 Å². The first-order valence-corrected chi connectivity index (χ1v) is 9.10. The van der Waals surface area contributed by atoms with Gasteiger partial charge in [0.25, 0.3) is 5.91 Å². The smallest absolute Gasteiger partial charge is 0.286 e. The van der Waals surface area contributed by atoms with Crippen molar-refractivity contribution in [3.8, 4) is 0 Å². The van der Waals surface area contributed by atoms with Crippen molar-refractivity contribution in [2.24, 2.45) is 0 Å². The maximum atomic E-state index is 11.9. The zero-order valence-electron chi connectivity index (χ0n) is 14.5. The molecule has 0 aromatic carbocycles. The van der Waals surface area contributed by atoms with E-state index < -0.39 is 0 Å². The molecule has 1 amide bonds. The van der Waals surface area contributed by atoms with Gasteiger partial charge in [0.15, 0.2) is 5.76 Å². The Kier molecular flexibility index (Phi) is 5.72. The normalized spacial score (nSPS) is 16.5. The molecule has 2 aromatic heterocycles. The molecule has 1 aliphatic rings. The zero-order valence-corrected chi connectivity index (χ0v) is 14.5. The number of aryl methyl sites for hydroxylation is 1. The molecule has 0 bridgehead atoms. The van der Waals surface area contributed by atoms with Crippen LogP contribution < -0.4 is 5.32 Å². The van der Waals surface area contributed by atoms with Crippen LogP contribution in [0.25, 0.3) is 0 Å². The molecule has 0 spiro atoms. The molecule has 24 heavy (non-hydrogen) atoms. The molecule has 130 valence electrons. The summed E-state index contributed by atoms with van der Waals surface area (Å²) in [6.45, 7) is 2.71. The number of nitrogens with zero attached hydrogens (tertiary/aromatic N) is 2. The number of aromatic nitrogens is 2. The summed E-state index contributed by atoms with van der Waals surface area (Å²) >= 11 is 0. The third kappa shape index (κ3) is 4.08. The summed E-state index contributed by atoms with van der Waals surface area (Å²) in [5, 5.41) is 2.91. The zero-order chi connectivity index (χ0) is 16.8. The average Bonchev–Trinajstić information content (AvgIpc) is 3.18. The standard InChI is InChI=1S/C19H27N3O2/c1-15-14-21-18(11-12-20-19(23)17-10-7-13-24-17)22(15)16-8-5-3-2-4-6-9-16/h7,10,13-14,16H,2-6,8-9,11-12H2,1H3,(H,20,23). The first kappa shape index (κ1) is 16.8. The maximum Gasteiger partial charge on any atom is 0.286 e. The molecule has 1 aliphatic carbocycles. The maximum absolute atomic E-state index is 11.9. The number of carbonyl (C=O) groups is 1. The summed E-state index contributed by atoms with van der Waals surface area (Å²) in [4.78, 5) is 16.5. The lowest BCUT2D eigenvalue weighted by atomic mass is 9.96.